The van der Waals surface area contributed by atoms with Crippen molar-refractivity contribution >= 4 is 11.3 Å². The molecular formula is C28H33F3O4S. The van der Waals surface area contributed by atoms with Crippen LogP contribution in [-0.4, -0.2) is 29.9 Å². The minimum absolute atomic E-state index is 0.0168. The molecule has 2 fully saturated rings. The minimum atomic E-state index is -1.45. The molecule has 1 aromatic heterocycles. The number of hydrogen-bond acceptors (Lipinski definition) is 5. The van der Waals surface area contributed by atoms with Crippen LogP contribution in [0.15, 0.2) is 42.5 Å². The molecule has 1 N–H and O–H groups in total. The number of fused-ring (bicyclic) bond motifs is 1. The minimum Gasteiger partial charge on any atom is -0.392 e. The highest BCUT2D eigenvalue weighted by molar-refractivity contribution is 7.15. The fourth-order valence-electron chi connectivity index (χ4n) is 3.97. The Morgan fingerprint density at radius 1 is 1.00 bits per heavy atom. The maximum atomic E-state index is 13.4. The first-order valence-electron chi connectivity index (χ1n) is 12.1. The van der Waals surface area contributed by atoms with Gasteiger partial charge in [0.05, 0.1) is 13.2 Å². The van der Waals surface area contributed by atoms with Crippen LogP contribution in [0.2, 0.25) is 0 Å². The summed E-state index contributed by atoms with van der Waals surface area (Å²) in [6, 6.07) is 11.5. The molecule has 0 amide bonds. The van der Waals surface area contributed by atoms with Gasteiger partial charge < -0.3 is 19.3 Å². The van der Waals surface area contributed by atoms with Gasteiger partial charge in [0, 0.05) is 22.6 Å². The smallest absolute Gasteiger partial charge is 0.194 e. The highest BCUT2D eigenvalue weighted by Crippen LogP contribution is 2.34. The number of aliphatic hydroxyl groups excluding tert-OH is 1. The second-order valence-electron chi connectivity index (χ2n) is 8.82. The Balaban J connectivity index is 0.000000249. The van der Waals surface area contributed by atoms with E-state index in [0.717, 1.165) is 46.7 Å². The van der Waals surface area contributed by atoms with Gasteiger partial charge in [-0.25, -0.2) is 13.2 Å². The molecule has 0 aliphatic carbocycles. The van der Waals surface area contributed by atoms with Gasteiger partial charge in [0.25, 0.3) is 0 Å². The van der Waals surface area contributed by atoms with Crippen LogP contribution in [0.1, 0.15) is 55.7 Å². The Hall–Kier alpha value is -2.23. The van der Waals surface area contributed by atoms with Gasteiger partial charge in [-0.2, -0.15) is 0 Å². The average Bonchev–Trinajstić information content (AvgIpc) is 3.55. The van der Waals surface area contributed by atoms with Gasteiger partial charge in [-0.05, 0) is 67.3 Å². The summed E-state index contributed by atoms with van der Waals surface area (Å²) in [4.78, 5) is 1.70. The maximum absolute atomic E-state index is 13.4. The van der Waals surface area contributed by atoms with Crippen LogP contribution in [-0.2, 0) is 27.2 Å². The van der Waals surface area contributed by atoms with Crippen molar-refractivity contribution in [2.24, 2.45) is 0 Å². The molecule has 0 saturated carbocycles. The molecule has 3 aromatic rings. The number of hydrogen-bond donors (Lipinski definition) is 1. The van der Waals surface area contributed by atoms with Crippen LogP contribution in [0.25, 0.3) is 10.4 Å². The van der Waals surface area contributed by atoms with E-state index in [2.05, 4.69) is 0 Å². The molecule has 3 heterocycles. The summed E-state index contributed by atoms with van der Waals surface area (Å²) in [7, 11) is 0. The van der Waals surface area contributed by atoms with Crippen LogP contribution in [0, 0.1) is 24.4 Å². The Morgan fingerprint density at radius 3 is 2.33 bits per heavy atom. The molecule has 2 aliphatic heterocycles. The van der Waals surface area contributed by atoms with Crippen molar-refractivity contribution in [2.45, 2.75) is 72.2 Å². The molecule has 2 aromatic carbocycles. The summed E-state index contributed by atoms with van der Waals surface area (Å²) >= 11 is 1.41. The van der Waals surface area contributed by atoms with Crippen molar-refractivity contribution in [3.63, 3.8) is 0 Å². The molecule has 2 aliphatic rings. The molecule has 2 saturated heterocycles. The molecule has 4 nitrogen and oxygen atoms in total. The molecular weight excluding hydrogens is 489 g/mol. The summed E-state index contributed by atoms with van der Waals surface area (Å²) < 4.78 is 56.1. The number of ether oxygens (including phenoxy) is 3. The fraction of sp³-hybridized carbons (Fsp3) is 0.429. The quantitative estimate of drug-likeness (QED) is 0.370. The van der Waals surface area contributed by atoms with Gasteiger partial charge in [0.1, 0.15) is 6.10 Å². The van der Waals surface area contributed by atoms with Crippen molar-refractivity contribution in [3.8, 4) is 10.4 Å². The zero-order valence-electron chi connectivity index (χ0n) is 21.2. The van der Waals surface area contributed by atoms with E-state index in [0.29, 0.717) is 16.9 Å². The molecule has 0 spiro atoms. The zero-order valence-corrected chi connectivity index (χ0v) is 22.1. The fourth-order valence-corrected chi connectivity index (χ4v) is 4.99. The second-order valence-corrected chi connectivity index (χ2v) is 9.99. The molecule has 0 radical (unpaired) electrons. The normalized spacial score (nSPS) is 19.7. The molecule has 2 atom stereocenters. The van der Waals surface area contributed by atoms with E-state index in [1.165, 1.54) is 11.3 Å². The van der Waals surface area contributed by atoms with Gasteiger partial charge in [0.2, 0.25) is 0 Å². The Morgan fingerprint density at radius 2 is 1.69 bits per heavy atom. The molecule has 196 valence electrons. The Bertz CT molecular complexity index is 1120. The summed E-state index contributed by atoms with van der Waals surface area (Å²) in [5, 5.41) is 9.25. The number of halogens is 3. The molecule has 5 rings (SSSR count). The average molecular weight is 523 g/mol. The summed E-state index contributed by atoms with van der Waals surface area (Å²) in [6.45, 7) is 10.6. The molecule has 36 heavy (non-hydrogen) atoms. The Labute approximate surface area is 214 Å². The predicted octanol–water partition coefficient (Wildman–Crippen LogP) is 7.13. The van der Waals surface area contributed by atoms with E-state index >= 15 is 0 Å². The number of rotatable bonds is 4. The Kier molecular flexibility index (Phi) is 9.72. The van der Waals surface area contributed by atoms with E-state index < -0.39 is 23.2 Å². The lowest BCUT2D eigenvalue weighted by molar-refractivity contribution is -0.192. The third-order valence-electron chi connectivity index (χ3n) is 5.71. The van der Waals surface area contributed by atoms with Crippen molar-refractivity contribution in [3.05, 3.63) is 81.5 Å². The highest BCUT2D eigenvalue weighted by atomic mass is 32.1. The third-order valence-corrected chi connectivity index (χ3v) is 6.85. The van der Waals surface area contributed by atoms with Gasteiger partial charge in [-0.15, -0.1) is 11.3 Å². The van der Waals surface area contributed by atoms with Gasteiger partial charge in [0.15, 0.2) is 29.5 Å². The van der Waals surface area contributed by atoms with Crippen molar-refractivity contribution in [2.75, 3.05) is 6.61 Å². The molecule has 0 bridgehead atoms. The molecule has 8 heteroatoms. The summed E-state index contributed by atoms with van der Waals surface area (Å²) in [5.41, 5.74) is 3.37. The van der Waals surface area contributed by atoms with Crippen LogP contribution < -0.4 is 0 Å². The van der Waals surface area contributed by atoms with Crippen LogP contribution in [0.5, 0.6) is 0 Å². The van der Waals surface area contributed by atoms with Gasteiger partial charge >= 0.3 is 0 Å². The number of thiophene rings is 1. The van der Waals surface area contributed by atoms with Crippen LogP contribution in [0.4, 0.5) is 13.2 Å². The van der Waals surface area contributed by atoms with E-state index in [-0.39, 0.29) is 19.0 Å². The molecule has 2 unspecified atom stereocenters. The monoisotopic (exact) mass is 522 g/mol. The number of aliphatic hydroxyl groups is 1. The number of benzene rings is 2. The summed E-state index contributed by atoms with van der Waals surface area (Å²) in [5.74, 6) is -4.26. The second kappa shape index (κ2) is 12.3. The van der Waals surface area contributed by atoms with Crippen LogP contribution in [0.3, 0.4) is 0 Å². The topological polar surface area (TPSA) is 47.9 Å². The van der Waals surface area contributed by atoms with Gasteiger partial charge in [-0.3, -0.25) is 0 Å². The first kappa shape index (κ1) is 28.3. The van der Waals surface area contributed by atoms with Crippen molar-refractivity contribution in [1.82, 2.24) is 0 Å². The van der Waals surface area contributed by atoms with Crippen molar-refractivity contribution < 1.29 is 32.5 Å². The van der Waals surface area contributed by atoms with E-state index in [9.17, 15) is 18.3 Å². The maximum Gasteiger partial charge on any atom is 0.194 e. The largest absolute Gasteiger partial charge is 0.392 e. The third kappa shape index (κ3) is 6.95. The summed E-state index contributed by atoms with van der Waals surface area (Å²) in [6.07, 6.45) is 1.70. The standard InChI is InChI=1S/C19H15F3OS.C7H12O3.C2H6/c1-11-2-3-12(10-23)6-13(11)7-15-4-5-18(24-15)14-8-16(20)19(22)17(21)9-14;1-7(2)9-5-3-4-8-6(5)10-7;1-2/h2-6,8-9,23H,7,10H2,1H3;5-6H,3-4H2,1-2H3;1-2H3. The lowest BCUT2D eigenvalue weighted by Gasteiger charge is -2.17. The predicted molar refractivity (Wildman–Crippen MR) is 135 cm³/mol. The van der Waals surface area contributed by atoms with Crippen LogP contribution >= 0.6 is 11.3 Å². The first-order chi connectivity index (χ1) is 17.1. The first-order valence-corrected chi connectivity index (χ1v) is 12.9. The van der Waals surface area contributed by atoms with Crippen molar-refractivity contribution in [1.29, 1.82) is 0 Å². The zero-order chi connectivity index (χ0) is 26.5. The van der Waals surface area contributed by atoms with Gasteiger partial charge in [-0.1, -0.05) is 32.0 Å². The lowest BCUT2D eigenvalue weighted by Crippen LogP contribution is -2.22. The van der Waals surface area contributed by atoms with E-state index in [1.807, 2.05) is 58.9 Å². The lowest BCUT2D eigenvalue weighted by atomic mass is 10.0. The highest BCUT2D eigenvalue weighted by Gasteiger charge is 2.44. The van der Waals surface area contributed by atoms with E-state index in [1.54, 1.807) is 6.07 Å². The number of aryl methyl sites for hydroxylation is 1. The van der Waals surface area contributed by atoms with E-state index in [4.69, 9.17) is 14.2 Å². The SMILES string of the molecule is CC.CC1(C)OC2CCOC2O1.Cc1ccc(CO)cc1Cc1ccc(-c2cc(F)c(F)c(F)c2)s1.